The van der Waals surface area contributed by atoms with Crippen LogP contribution in [0.5, 0.6) is 5.75 Å². The number of aromatic nitrogens is 3. The van der Waals surface area contributed by atoms with Crippen molar-refractivity contribution in [2.45, 2.75) is 24.8 Å². The van der Waals surface area contributed by atoms with Crippen molar-refractivity contribution in [3.8, 4) is 28.1 Å². The van der Waals surface area contributed by atoms with E-state index < -0.39 is 15.6 Å². The Morgan fingerprint density at radius 2 is 1.63 bits per heavy atom. The molecule has 1 saturated heterocycles. The van der Waals surface area contributed by atoms with Gasteiger partial charge in [0.2, 0.25) is 5.91 Å². The van der Waals surface area contributed by atoms with Crippen molar-refractivity contribution in [3.05, 3.63) is 113 Å². The second-order valence-corrected chi connectivity index (χ2v) is 14.5. The lowest BCUT2D eigenvalue weighted by atomic mass is 10.0. The summed E-state index contributed by atoms with van der Waals surface area (Å²) in [6, 6.07) is 26.2. The van der Waals surface area contributed by atoms with E-state index in [1.54, 1.807) is 48.5 Å². The molecule has 1 amide bonds. The number of pyridine rings is 2. The van der Waals surface area contributed by atoms with Crippen LogP contribution in [0.4, 0.5) is 0 Å². The molecule has 3 aromatic carbocycles. The fraction of sp³-hybridized carbons (Fsp3) is 0.237. The Hall–Kier alpha value is -5.26. The topological polar surface area (TPSA) is 107 Å². The molecule has 10 nitrogen and oxygen atoms in total. The average Bonchev–Trinajstić information content (AvgIpc) is 3.55. The number of nitrogens with zero attached hydrogens (tertiary/aromatic N) is 5. The summed E-state index contributed by atoms with van der Waals surface area (Å²) in [5.41, 5.74) is 4.80. The molecular formula is C38H37N5O5S. The van der Waals surface area contributed by atoms with Crippen LogP contribution in [0.1, 0.15) is 12.5 Å². The van der Waals surface area contributed by atoms with Gasteiger partial charge in [0.1, 0.15) is 17.9 Å². The largest absolute Gasteiger partial charge is 0.492 e. The second kappa shape index (κ2) is 12.6. The molecule has 0 spiro atoms. The van der Waals surface area contributed by atoms with Crippen LogP contribution in [-0.2, 0) is 21.9 Å². The van der Waals surface area contributed by atoms with Gasteiger partial charge in [-0.05, 0) is 80.1 Å². The van der Waals surface area contributed by atoms with E-state index in [-0.39, 0.29) is 16.3 Å². The van der Waals surface area contributed by atoms with E-state index >= 15 is 0 Å². The first-order chi connectivity index (χ1) is 23.5. The van der Waals surface area contributed by atoms with Gasteiger partial charge in [-0.3, -0.25) is 14.5 Å². The van der Waals surface area contributed by atoms with E-state index in [4.69, 9.17) is 9.72 Å². The summed E-state index contributed by atoms with van der Waals surface area (Å²) in [5.74, 6) is 0.888. The van der Waals surface area contributed by atoms with Gasteiger partial charge in [-0.25, -0.2) is 17.4 Å². The summed E-state index contributed by atoms with van der Waals surface area (Å²) in [4.78, 5) is 34.3. The number of rotatable bonds is 8. The molecule has 4 heterocycles. The number of hydrogen-bond acceptors (Lipinski definition) is 7. The highest BCUT2D eigenvalue weighted by molar-refractivity contribution is 7.90. The van der Waals surface area contributed by atoms with Crippen molar-refractivity contribution in [2.24, 2.45) is 7.05 Å². The first-order valence-corrected chi connectivity index (χ1v) is 17.6. The number of piperazine rings is 1. The number of carbonyl (C=O) groups excluding carboxylic acids is 1. The van der Waals surface area contributed by atoms with E-state index in [0.717, 1.165) is 55.1 Å². The third-order valence-electron chi connectivity index (χ3n) is 9.29. The van der Waals surface area contributed by atoms with E-state index in [1.165, 1.54) is 10.8 Å². The molecule has 3 aromatic heterocycles. The summed E-state index contributed by atoms with van der Waals surface area (Å²) in [7, 11) is -0.522. The highest BCUT2D eigenvalue weighted by atomic mass is 32.2. The molecule has 1 aliphatic heterocycles. The highest BCUT2D eigenvalue weighted by Crippen LogP contribution is 2.32. The van der Waals surface area contributed by atoms with Crippen LogP contribution in [-0.4, -0.2) is 77.0 Å². The minimum Gasteiger partial charge on any atom is -0.492 e. The van der Waals surface area contributed by atoms with E-state index in [1.807, 2.05) is 68.6 Å². The van der Waals surface area contributed by atoms with Crippen molar-refractivity contribution in [3.63, 3.8) is 0 Å². The number of likely N-dealkylation sites (N-methyl/N-ethyl adjacent to an activating group) is 1. The molecule has 11 heteroatoms. The predicted octanol–water partition coefficient (Wildman–Crippen LogP) is 5.31. The molecule has 6 aromatic rings. The summed E-state index contributed by atoms with van der Waals surface area (Å²) in [5, 5.41) is 1.46. The third-order valence-corrected chi connectivity index (χ3v) is 11.0. The Bertz CT molecular complexity index is 2380. The number of aryl methyl sites for hydroxylation is 2. The lowest BCUT2D eigenvalue weighted by Crippen LogP contribution is -2.54. The Morgan fingerprint density at radius 1 is 0.898 bits per heavy atom. The maximum Gasteiger partial charge on any atom is 0.275 e. The number of fused-ring (bicyclic) bond motifs is 2. The number of hydrogen-bond donors (Lipinski definition) is 0. The maximum atomic E-state index is 13.6. The van der Waals surface area contributed by atoms with Crippen LogP contribution in [0.3, 0.4) is 0 Å². The molecule has 7 rings (SSSR count). The summed E-state index contributed by atoms with van der Waals surface area (Å²) in [6.45, 7) is 6.32. The monoisotopic (exact) mass is 675 g/mol. The number of amides is 1. The summed E-state index contributed by atoms with van der Waals surface area (Å²) in [6.07, 6.45) is 3.19. The van der Waals surface area contributed by atoms with Crippen LogP contribution < -0.4 is 10.3 Å². The van der Waals surface area contributed by atoms with Gasteiger partial charge in [-0.2, -0.15) is 0 Å². The van der Waals surface area contributed by atoms with Gasteiger partial charge < -0.3 is 14.2 Å². The van der Waals surface area contributed by atoms with Crippen LogP contribution in [0.25, 0.3) is 44.2 Å². The van der Waals surface area contributed by atoms with Crippen LogP contribution in [0.15, 0.2) is 107 Å². The summed E-state index contributed by atoms with van der Waals surface area (Å²) >= 11 is 0. The first kappa shape index (κ1) is 32.3. The van der Waals surface area contributed by atoms with Crippen LogP contribution >= 0.6 is 0 Å². The van der Waals surface area contributed by atoms with Crippen LogP contribution in [0, 0.1) is 6.92 Å². The summed E-state index contributed by atoms with van der Waals surface area (Å²) < 4.78 is 35.7. The molecule has 0 bridgehead atoms. The standard InChI is InChI=1S/C38H37N5O5S/c1-25-5-13-31(14-6-25)49(46,47)43-18-17-32-33(23-41(4)38(45)37(32)43)28-9-15-35-29(21-28)10-16-34(39-35)27-7-11-30(12-8-27)48-20-19-42-24-36(44)40(3)22-26(42)2/h5-18,21,23,26H,19-20,22,24H2,1-4H3/t26-/m1/s1. The zero-order valence-electron chi connectivity index (χ0n) is 27.8. The Labute approximate surface area is 284 Å². The minimum absolute atomic E-state index is 0.102. The minimum atomic E-state index is -3.99. The van der Waals surface area contributed by atoms with Gasteiger partial charge in [0.25, 0.3) is 15.6 Å². The third kappa shape index (κ3) is 6.11. The average molecular weight is 676 g/mol. The van der Waals surface area contributed by atoms with Crippen molar-refractivity contribution in [1.29, 1.82) is 0 Å². The van der Waals surface area contributed by atoms with Gasteiger partial charge >= 0.3 is 0 Å². The molecule has 0 radical (unpaired) electrons. The lowest BCUT2D eigenvalue weighted by Gasteiger charge is -2.37. The fourth-order valence-corrected chi connectivity index (χ4v) is 7.75. The van der Waals surface area contributed by atoms with Gasteiger partial charge in [0, 0.05) is 67.5 Å². The zero-order chi connectivity index (χ0) is 34.4. The smallest absolute Gasteiger partial charge is 0.275 e. The maximum absolute atomic E-state index is 13.6. The van der Waals surface area contributed by atoms with Gasteiger partial charge in [-0.15, -0.1) is 0 Å². The van der Waals surface area contributed by atoms with Crippen molar-refractivity contribution >= 4 is 37.7 Å². The fourth-order valence-electron chi connectivity index (χ4n) is 6.40. The Morgan fingerprint density at radius 3 is 2.39 bits per heavy atom. The lowest BCUT2D eigenvalue weighted by molar-refractivity contribution is -0.136. The second-order valence-electron chi connectivity index (χ2n) is 12.7. The van der Waals surface area contributed by atoms with E-state index in [2.05, 4.69) is 11.8 Å². The van der Waals surface area contributed by atoms with Gasteiger partial charge in [-0.1, -0.05) is 29.8 Å². The van der Waals surface area contributed by atoms with Crippen LogP contribution in [0.2, 0.25) is 0 Å². The number of benzene rings is 3. The molecule has 1 aliphatic rings. The molecule has 1 atom stereocenters. The quantitative estimate of drug-likeness (QED) is 0.215. The van der Waals surface area contributed by atoms with Crippen molar-refractivity contribution in [2.75, 3.05) is 33.3 Å². The molecule has 1 fully saturated rings. The van der Waals surface area contributed by atoms with Gasteiger partial charge in [0.15, 0.2) is 0 Å². The predicted molar refractivity (Wildman–Crippen MR) is 191 cm³/mol. The molecular weight excluding hydrogens is 639 g/mol. The number of carbonyl (C=O) groups is 1. The Balaban J connectivity index is 1.12. The Kier molecular flexibility index (Phi) is 8.33. The SMILES string of the molecule is Cc1ccc(S(=O)(=O)n2ccc3c(-c4ccc5nc(-c6ccc(OCCN7CC(=O)N(C)C[C@H]7C)cc6)ccc5c4)cn(C)c(=O)c32)cc1. The molecule has 49 heavy (non-hydrogen) atoms. The zero-order valence-corrected chi connectivity index (χ0v) is 28.6. The first-order valence-electron chi connectivity index (χ1n) is 16.1. The van der Waals surface area contributed by atoms with Crippen molar-refractivity contribution < 1.29 is 17.9 Å². The number of ether oxygens (including phenoxy) is 1. The molecule has 0 aliphatic carbocycles. The van der Waals surface area contributed by atoms with E-state index in [9.17, 15) is 18.0 Å². The molecule has 0 saturated carbocycles. The van der Waals surface area contributed by atoms with Crippen molar-refractivity contribution in [1.82, 2.24) is 23.3 Å². The van der Waals surface area contributed by atoms with Gasteiger partial charge in [0.05, 0.1) is 22.7 Å². The normalized spacial score (nSPS) is 15.7. The molecule has 0 N–H and O–H groups in total. The highest BCUT2D eigenvalue weighted by Gasteiger charge is 2.27. The molecule has 250 valence electrons. The van der Waals surface area contributed by atoms with E-state index in [0.29, 0.717) is 31.1 Å². The molecule has 0 unspecified atom stereocenters.